The summed E-state index contributed by atoms with van der Waals surface area (Å²) in [5.74, 6) is 0.625. The highest BCUT2D eigenvalue weighted by molar-refractivity contribution is 6.17. The topological polar surface area (TPSA) is 13.1 Å². The van der Waals surface area contributed by atoms with Gasteiger partial charge in [-0.15, -0.1) is 0 Å². The Labute approximate surface area is 297 Å². The minimum Gasteiger partial charge on any atom is -0.340 e. The molecule has 3 atom stereocenters. The van der Waals surface area contributed by atoms with E-state index in [9.17, 15) is 0 Å². The van der Waals surface area contributed by atoms with Crippen LogP contribution < -0.4 is 4.90 Å². The molecular formula is C48H37N3. The quantitative estimate of drug-likeness (QED) is 0.172. The van der Waals surface area contributed by atoms with Crippen molar-refractivity contribution in [2.24, 2.45) is 0 Å². The van der Waals surface area contributed by atoms with Crippen molar-refractivity contribution >= 4 is 49.3 Å². The highest BCUT2D eigenvalue weighted by Crippen LogP contribution is 2.54. The third kappa shape index (κ3) is 4.18. The van der Waals surface area contributed by atoms with Crippen LogP contribution in [0.1, 0.15) is 42.2 Å². The van der Waals surface area contributed by atoms with E-state index in [1.165, 1.54) is 77.5 Å². The number of anilines is 1. The minimum absolute atomic E-state index is 0.243. The Morgan fingerprint density at radius 3 is 1.98 bits per heavy atom. The molecule has 3 heteroatoms. The van der Waals surface area contributed by atoms with Crippen molar-refractivity contribution in [1.82, 2.24) is 9.13 Å². The van der Waals surface area contributed by atoms with Gasteiger partial charge >= 0.3 is 0 Å². The summed E-state index contributed by atoms with van der Waals surface area (Å²) in [7, 11) is 0. The summed E-state index contributed by atoms with van der Waals surface area (Å²) in [6.07, 6.45) is 15.3. The predicted octanol–water partition coefficient (Wildman–Crippen LogP) is 12.1. The SMILES string of the molecule is C1=CC(c2ccccc2-n2c3ccccc3c3ccccc32)CC(N2c3c(ccc4c3c3ccccc3n4-c3ccccc3)C3C=CCCC32)=C1. The van der Waals surface area contributed by atoms with Crippen LogP contribution in [0, 0.1) is 0 Å². The molecule has 2 aromatic heterocycles. The van der Waals surface area contributed by atoms with Crippen LogP contribution in [0.3, 0.4) is 0 Å². The zero-order chi connectivity index (χ0) is 33.5. The largest absolute Gasteiger partial charge is 0.340 e. The molecule has 244 valence electrons. The first-order valence-corrected chi connectivity index (χ1v) is 18.4. The number of benzene rings is 6. The van der Waals surface area contributed by atoms with Gasteiger partial charge in [-0.2, -0.15) is 0 Å². The molecule has 3 unspecified atom stereocenters. The molecular weight excluding hydrogens is 619 g/mol. The number of allylic oxidation sites excluding steroid dienone is 5. The normalized spacial score (nSPS) is 19.6. The molecule has 51 heavy (non-hydrogen) atoms. The average molecular weight is 656 g/mol. The molecule has 0 fully saturated rings. The van der Waals surface area contributed by atoms with E-state index in [1.807, 2.05) is 0 Å². The van der Waals surface area contributed by atoms with Crippen LogP contribution >= 0.6 is 0 Å². The van der Waals surface area contributed by atoms with Gasteiger partial charge in [0.15, 0.2) is 0 Å². The monoisotopic (exact) mass is 655 g/mol. The first-order valence-electron chi connectivity index (χ1n) is 18.4. The van der Waals surface area contributed by atoms with Crippen LogP contribution in [-0.4, -0.2) is 15.2 Å². The molecule has 1 aliphatic heterocycles. The highest BCUT2D eigenvalue weighted by atomic mass is 15.2. The fourth-order valence-corrected chi connectivity index (χ4v) is 9.62. The van der Waals surface area contributed by atoms with Gasteiger partial charge in [-0.3, -0.25) is 0 Å². The molecule has 3 heterocycles. The van der Waals surface area contributed by atoms with Crippen molar-refractivity contribution in [2.45, 2.75) is 37.1 Å². The second-order valence-corrected chi connectivity index (χ2v) is 14.3. The number of aromatic nitrogens is 2. The van der Waals surface area contributed by atoms with Gasteiger partial charge < -0.3 is 14.0 Å². The summed E-state index contributed by atoms with van der Waals surface area (Å²) >= 11 is 0. The van der Waals surface area contributed by atoms with Crippen LogP contribution in [0.2, 0.25) is 0 Å². The van der Waals surface area contributed by atoms with Crippen LogP contribution in [0.5, 0.6) is 0 Å². The zero-order valence-corrected chi connectivity index (χ0v) is 28.4. The third-order valence-corrected chi connectivity index (χ3v) is 11.7. The molecule has 0 N–H and O–H groups in total. The Morgan fingerprint density at radius 1 is 0.529 bits per heavy atom. The van der Waals surface area contributed by atoms with Crippen molar-refractivity contribution in [3.63, 3.8) is 0 Å². The van der Waals surface area contributed by atoms with E-state index in [0.29, 0.717) is 12.0 Å². The Balaban J connectivity index is 1.08. The molecule has 6 aromatic carbocycles. The Kier molecular flexibility index (Phi) is 6.33. The van der Waals surface area contributed by atoms with Gasteiger partial charge in [0.05, 0.1) is 27.8 Å². The lowest BCUT2D eigenvalue weighted by Gasteiger charge is -2.36. The maximum absolute atomic E-state index is 2.77. The number of nitrogens with zero attached hydrogens (tertiary/aromatic N) is 3. The van der Waals surface area contributed by atoms with Gasteiger partial charge in [-0.25, -0.2) is 0 Å². The van der Waals surface area contributed by atoms with Crippen molar-refractivity contribution in [3.05, 3.63) is 187 Å². The Morgan fingerprint density at radius 2 is 1.20 bits per heavy atom. The molecule has 0 radical (unpaired) electrons. The third-order valence-electron chi connectivity index (χ3n) is 11.7. The van der Waals surface area contributed by atoms with Crippen LogP contribution in [0.4, 0.5) is 5.69 Å². The summed E-state index contributed by atoms with van der Waals surface area (Å²) in [4.78, 5) is 2.77. The standard InChI is InChI=1S/C48H37N3/c1-2-16-33(17-3-1)49-45-28-13-8-23-40(45)47-46(49)30-29-39-38-22-7-10-25-42(38)50(48(39)47)34-18-14-15-32(31-34)35-19-4-9-24-41(35)51-43-26-11-5-20-36(43)37-21-6-12-27-44(37)51/h1-9,11-24,26-30,32,38,42H,10,25,31H2. The minimum atomic E-state index is 0.243. The lowest BCUT2D eigenvalue weighted by molar-refractivity contribution is 0.543. The average Bonchev–Trinajstić information content (AvgIpc) is 3.84. The first-order chi connectivity index (χ1) is 25.3. The van der Waals surface area contributed by atoms with E-state index in [4.69, 9.17) is 0 Å². The summed E-state index contributed by atoms with van der Waals surface area (Å²) < 4.78 is 4.95. The summed E-state index contributed by atoms with van der Waals surface area (Å²) in [5.41, 5.74) is 13.1. The van der Waals surface area contributed by atoms with Gasteiger partial charge in [-0.05, 0) is 78.9 Å². The number of fused-ring (bicyclic) bond motifs is 10. The van der Waals surface area contributed by atoms with Crippen molar-refractivity contribution in [2.75, 3.05) is 4.90 Å². The zero-order valence-electron chi connectivity index (χ0n) is 28.4. The molecule has 3 nitrogen and oxygen atoms in total. The van der Waals surface area contributed by atoms with Gasteiger partial charge in [0.1, 0.15) is 0 Å². The van der Waals surface area contributed by atoms with E-state index in [2.05, 4.69) is 184 Å². The molecule has 0 amide bonds. The molecule has 0 spiro atoms. The van der Waals surface area contributed by atoms with Gasteiger partial charge in [0.25, 0.3) is 0 Å². The highest BCUT2D eigenvalue weighted by Gasteiger charge is 2.42. The predicted molar refractivity (Wildman–Crippen MR) is 214 cm³/mol. The van der Waals surface area contributed by atoms with Crippen LogP contribution in [-0.2, 0) is 0 Å². The van der Waals surface area contributed by atoms with Crippen molar-refractivity contribution in [1.29, 1.82) is 0 Å². The molecule has 0 bridgehead atoms. The second kappa shape index (κ2) is 11.2. The number of hydrogen-bond acceptors (Lipinski definition) is 1. The smallest absolute Gasteiger partial charge is 0.0562 e. The molecule has 0 saturated carbocycles. The molecule has 3 aliphatic rings. The van der Waals surface area contributed by atoms with Gasteiger partial charge in [0, 0.05) is 56.5 Å². The molecule has 0 saturated heterocycles. The summed E-state index contributed by atoms with van der Waals surface area (Å²) in [5, 5.41) is 5.28. The number of para-hydroxylation sites is 5. The lowest BCUT2D eigenvalue weighted by Crippen LogP contribution is -2.35. The fourth-order valence-electron chi connectivity index (χ4n) is 9.62. The van der Waals surface area contributed by atoms with E-state index in [1.54, 1.807) is 0 Å². The number of rotatable bonds is 4. The molecule has 11 rings (SSSR count). The maximum Gasteiger partial charge on any atom is 0.0562 e. The molecule has 8 aromatic rings. The van der Waals surface area contributed by atoms with E-state index in [-0.39, 0.29) is 5.92 Å². The number of hydrogen-bond donors (Lipinski definition) is 0. The van der Waals surface area contributed by atoms with Gasteiger partial charge in [0.2, 0.25) is 0 Å². The summed E-state index contributed by atoms with van der Waals surface area (Å²) in [6.45, 7) is 0. The first kappa shape index (κ1) is 28.7. The van der Waals surface area contributed by atoms with E-state index >= 15 is 0 Å². The van der Waals surface area contributed by atoms with Crippen molar-refractivity contribution in [3.8, 4) is 11.4 Å². The van der Waals surface area contributed by atoms with Crippen LogP contribution in [0.15, 0.2) is 176 Å². The van der Waals surface area contributed by atoms with E-state index < -0.39 is 0 Å². The van der Waals surface area contributed by atoms with Crippen LogP contribution in [0.25, 0.3) is 55.0 Å². The molecule has 2 aliphatic carbocycles. The van der Waals surface area contributed by atoms with E-state index in [0.717, 1.165) is 19.3 Å². The maximum atomic E-state index is 2.77. The summed E-state index contributed by atoms with van der Waals surface area (Å²) in [6, 6.07) is 51.8. The van der Waals surface area contributed by atoms with Gasteiger partial charge in [-0.1, -0.05) is 121 Å². The second-order valence-electron chi connectivity index (χ2n) is 14.3. The lowest BCUT2D eigenvalue weighted by atomic mass is 9.86. The Bertz CT molecular complexity index is 2700. The Hall–Kier alpha value is -6.06. The fraction of sp³-hybridized carbons (Fsp3) is 0.125. The van der Waals surface area contributed by atoms with Crippen molar-refractivity contribution < 1.29 is 0 Å².